The van der Waals surface area contributed by atoms with Crippen LogP contribution in [0.25, 0.3) is 0 Å². The van der Waals surface area contributed by atoms with Crippen molar-refractivity contribution >= 4 is 17.4 Å². The highest BCUT2D eigenvalue weighted by Crippen LogP contribution is 2.18. The number of benzene rings is 1. The molecule has 1 aromatic rings. The average molecular weight is 254 g/mol. The maximum atomic E-state index is 11.8. The maximum absolute atomic E-state index is 11.8. The second kappa shape index (κ2) is 5.65. The monoisotopic (exact) mass is 253 g/mol. The highest BCUT2D eigenvalue weighted by atomic mass is 35.5. The Morgan fingerprint density at radius 2 is 2.00 bits per heavy atom. The zero-order valence-electron chi connectivity index (χ0n) is 10.9. The molecule has 0 saturated carbocycles. The lowest BCUT2D eigenvalue weighted by Gasteiger charge is -2.19. The van der Waals surface area contributed by atoms with Gasteiger partial charge in [0.2, 0.25) is 0 Å². The van der Waals surface area contributed by atoms with E-state index in [9.17, 15) is 4.79 Å². The van der Waals surface area contributed by atoms with Gasteiger partial charge < -0.3 is 5.32 Å². The summed E-state index contributed by atoms with van der Waals surface area (Å²) in [5.74, 6) is 0.158. The predicted molar refractivity (Wildman–Crippen MR) is 72.7 cm³/mol. The second-order valence-corrected chi connectivity index (χ2v) is 5.82. The Morgan fingerprint density at radius 1 is 1.35 bits per heavy atom. The SMILES string of the molecule is Cc1ccc(CC(=O)CNC(C)(C)C)c(Cl)c1. The van der Waals surface area contributed by atoms with Gasteiger partial charge in [0.05, 0.1) is 6.54 Å². The van der Waals surface area contributed by atoms with Crippen LogP contribution in [0, 0.1) is 6.92 Å². The van der Waals surface area contributed by atoms with Crippen LogP contribution in [0.1, 0.15) is 31.9 Å². The summed E-state index contributed by atoms with van der Waals surface area (Å²) in [6.45, 7) is 8.49. The third-order valence-corrected chi connectivity index (χ3v) is 2.76. The van der Waals surface area contributed by atoms with Crippen LogP contribution in [0.2, 0.25) is 5.02 Å². The van der Waals surface area contributed by atoms with Crippen LogP contribution in [0.4, 0.5) is 0 Å². The quantitative estimate of drug-likeness (QED) is 0.893. The zero-order valence-corrected chi connectivity index (χ0v) is 11.7. The molecule has 0 unspecified atom stereocenters. The fourth-order valence-electron chi connectivity index (χ4n) is 1.43. The third kappa shape index (κ3) is 5.33. The molecular weight excluding hydrogens is 234 g/mol. The van der Waals surface area contributed by atoms with Crippen molar-refractivity contribution in [3.8, 4) is 0 Å². The van der Waals surface area contributed by atoms with Crippen LogP contribution in [0.15, 0.2) is 18.2 Å². The van der Waals surface area contributed by atoms with Gasteiger partial charge in [-0.15, -0.1) is 0 Å². The summed E-state index contributed by atoms with van der Waals surface area (Å²) < 4.78 is 0. The normalized spacial score (nSPS) is 11.6. The average Bonchev–Trinajstić information content (AvgIpc) is 2.18. The summed E-state index contributed by atoms with van der Waals surface area (Å²) in [5, 5.41) is 3.86. The first-order valence-corrected chi connectivity index (χ1v) is 6.17. The molecule has 0 aromatic heterocycles. The van der Waals surface area contributed by atoms with E-state index in [0.717, 1.165) is 11.1 Å². The molecule has 1 rings (SSSR count). The summed E-state index contributed by atoms with van der Waals surface area (Å²) in [6.07, 6.45) is 0.391. The van der Waals surface area contributed by atoms with E-state index in [2.05, 4.69) is 5.32 Å². The lowest BCUT2D eigenvalue weighted by Crippen LogP contribution is -2.39. The number of Topliss-reactive ketones (excluding diaryl/α,β-unsaturated/α-hetero) is 1. The molecule has 0 spiro atoms. The van der Waals surface area contributed by atoms with Crippen molar-refractivity contribution in [2.75, 3.05) is 6.54 Å². The van der Waals surface area contributed by atoms with Gasteiger partial charge in [0.15, 0.2) is 5.78 Å². The van der Waals surface area contributed by atoms with E-state index in [1.807, 2.05) is 45.9 Å². The van der Waals surface area contributed by atoms with Crippen LogP contribution in [-0.2, 0) is 11.2 Å². The summed E-state index contributed by atoms with van der Waals surface area (Å²) in [7, 11) is 0. The van der Waals surface area contributed by atoms with Gasteiger partial charge in [0, 0.05) is 17.0 Å². The second-order valence-electron chi connectivity index (χ2n) is 5.41. The van der Waals surface area contributed by atoms with Crippen LogP contribution < -0.4 is 5.32 Å². The van der Waals surface area contributed by atoms with E-state index < -0.39 is 0 Å². The van der Waals surface area contributed by atoms with Crippen molar-refractivity contribution in [3.63, 3.8) is 0 Å². The minimum atomic E-state index is -0.0350. The molecule has 0 aliphatic carbocycles. The van der Waals surface area contributed by atoms with Crippen LogP contribution in [0.5, 0.6) is 0 Å². The van der Waals surface area contributed by atoms with E-state index in [4.69, 9.17) is 11.6 Å². The maximum Gasteiger partial charge on any atom is 0.151 e. The fraction of sp³-hybridized carbons (Fsp3) is 0.500. The molecule has 0 amide bonds. The van der Waals surface area contributed by atoms with Gasteiger partial charge in [-0.3, -0.25) is 4.79 Å². The lowest BCUT2D eigenvalue weighted by molar-refractivity contribution is -0.117. The van der Waals surface area contributed by atoms with E-state index in [1.165, 1.54) is 0 Å². The number of aryl methyl sites for hydroxylation is 1. The molecule has 94 valence electrons. The first-order valence-electron chi connectivity index (χ1n) is 5.80. The number of halogens is 1. The van der Waals surface area contributed by atoms with E-state index in [-0.39, 0.29) is 11.3 Å². The van der Waals surface area contributed by atoms with Crippen LogP contribution >= 0.6 is 11.6 Å². The van der Waals surface area contributed by atoms with Crippen molar-refractivity contribution in [1.29, 1.82) is 0 Å². The lowest BCUT2D eigenvalue weighted by atomic mass is 10.1. The molecule has 0 bridgehead atoms. The van der Waals surface area contributed by atoms with Gasteiger partial charge in [0.25, 0.3) is 0 Å². The molecule has 1 N–H and O–H groups in total. The largest absolute Gasteiger partial charge is 0.305 e. The summed E-state index contributed by atoms with van der Waals surface area (Å²) in [6, 6.07) is 5.79. The van der Waals surface area contributed by atoms with E-state index in [0.29, 0.717) is 18.0 Å². The Labute approximate surface area is 108 Å². The van der Waals surface area contributed by atoms with Gasteiger partial charge in [-0.05, 0) is 44.9 Å². The number of ketones is 1. The van der Waals surface area contributed by atoms with Crippen molar-refractivity contribution < 1.29 is 4.79 Å². The summed E-state index contributed by atoms with van der Waals surface area (Å²) in [5.41, 5.74) is 1.98. The number of carbonyl (C=O) groups excluding carboxylic acids is 1. The minimum Gasteiger partial charge on any atom is -0.305 e. The van der Waals surface area contributed by atoms with Gasteiger partial charge in [-0.25, -0.2) is 0 Å². The number of carbonyl (C=O) groups is 1. The Balaban J connectivity index is 2.57. The van der Waals surface area contributed by atoms with Gasteiger partial charge in [-0.1, -0.05) is 23.7 Å². The first kappa shape index (κ1) is 14.2. The molecule has 0 fully saturated rings. The fourth-order valence-corrected chi connectivity index (χ4v) is 1.74. The standard InChI is InChI=1S/C14H20ClNO/c1-10-5-6-11(13(15)7-10)8-12(17)9-16-14(2,3)4/h5-7,16H,8-9H2,1-4H3. The highest BCUT2D eigenvalue weighted by molar-refractivity contribution is 6.31. The number of rotatable bonds is 4. The Hall–Kier alpha value is -0.860. The molecule has 0 aliphatic heterocycles. The number of hydrogen-bond acceptors (Lipinski definition) is 2. The number of nitrogens with one attached hydrogen (secondary N) is 1. The van der Waals surface area contributed by atoms with Gasteiger partial charge >= 0.3 is 0 Å². The van der Waals surface area contributed by atoms with Crippen molar-refractivity contribution in [2.24, 2.45) is 0 Å². The molecule has 0 radical (unpaired) electrons. The molecule has 3 heteroatoms. The van der Waals surface area contributed by atoms with Crippen LogP contribution in [0.3, 0.4) is 0 Å². The Morgan fingerprint density at radius 3 is 2.53 bits per heavy atom. The zero-order chi connectivity index (χ0) is 13.1. The molecule has 2 nitrogen and oxygen atoms in total. The minimum absolute atomic E-state index is 0.0350. The first-order chi connectivity index (χ1) is 7.78. The summed E-state index contributed by atoms with van der Waals surface area (Å²) >= 11 is 6.09. The Kier molecular flexibility index (Phi) is 4.72. The van der Waals surface area contributed by atoms with Crippen molar-refractivity contribution in [1.82, 2.24) is 5.32 Å². The van der Waals surface area contributed by atoms with Gasteiger partial charge in [-0.2, -0.15) is 0 Å². The molecule has 0 atom stereocenters. The Bertz CT molecular complexity index is 407. The van der Waals surface area contributed by atoms with E-state index in [1.54, 1.807) is 0 Å². The van der Waals surface area contributed by atoms with Crippen LogP contribution in [-0.4, -0.2) is 17.9 Å². The molecule has 0 heterocycles. The number of hydrogen-bond donors (Lipinski definition) is 1. The molecule has 1 aromatic carbocycles. The molecule has 0 saturated heterocycles. The molecular formula is C14H20ClNO. The topological polar surface area (TPSA) is 29.1 Å². The van der Waals surface area contributed by atoms with Crippen molar-refractivity contribution in [2.45, 2.75) is 39.7 Å². The molecule has 0 aliphatic rings. The predicted octanol–water partition coefficient (Wildman–Crippen LogP) is 3.15. The molecule has 17 heavy (non-hydrogen) atoms. The third-order valence-electron chi connectivity index (χ3n) is 2.41. The van der Waals surface area contributed by atoms with Gasteiger partial charge in [0.1, 0.15) is 0 Å². The summed E-state index contributed by atoms with van der Waals surface area (Å²) in [4.78, 5) is 11.8. The van der Waals surface area contributed by atoms with Crippen molar-refractivity contribution in [3.05, 3.63) is 34.3 Å². The van der Waals surface area contributed by atoms with E-state index >= 15 is 0 Å². The smallest absolute Gasteiger partial charge is 0.151 e. The highest BCUT2D eigenvalue weighted by Gasteiger charge is 2.12.